The van der Waals surface area contributed by atoms with Crippen molar-refractivity contribution in [1.29, 1.82) is 0 Å². The van der Waals surface area contributed by atoms with Crippen LogP contribution in [0.25, 0.3) is 11.0 Å². The number of piperidine rings is 1. The molecule has 2 atom stereocenters. The van der Waals surface area contributed by atoms with Crippen molar-refractivity contribution in [2.24, 2.45) is 25.9 Å². The van der Waals surface area contributed by atoms with Crippen molar-refractivity contribution in [2.75, 3.05) is 13.1 Å². The molecular weight excluding hydrogens is 346 g/mol. The van der Waals surface area contributed by atoms with Gasteiger partial charge in [0.2, 0.25) is 10.0 Å². The lowest BCUT2D eigenvalue weighted by molar-refractivity contribution is -0.143. The fraction of sp³-hybridized carbons (Fsp3) is 0.500. The molecule has 1 aliphatic rings. The van der Waals surface area contributed by atoms with Crippen LogP contribution in [0.5, 0.6) is 0 Å². The van der Waals surface area contributed by atoms with Gasteiger partial charge in [-0.05, 0) is 30.5 Å². The van der Waals surface area contributed by atoms with Crippen LogP contribution in [0.1, 0.15) is 13.3 Å². The van der Waals surface area contributed by atoms with Gasteiger partial charge in [0.05, 0.1) is 21.8 Å². The van der Waals surface area contributed by atoms with E-state index in [9.17, 15) is 23.1 Å². The molecule has 1 saturated heterocycles. The largest absolute Gasteiger partial charge is 0.481 e. The number of benzene rings is 1. The second kappa shape index (κ2) is 5.99. The van der Waals surface area contributed by atoms with Crippen molar-refractivity contribution in [3.05, 3.63) is 28.7 Å². The van der Waals surface area contributed by atoms with E-state index in [1.807, 2.05) is 6.92 Å². The zero-order valence-corrected chi connectivity index (χ0v) is 15.2. The van der Waals surface area contributed by atoms with Crippen LogP contribution in [0.15, 0.2) is 27.9 Å². The Bertz CT molecular complexity index is 1000. The van der Waals surface area contributed by atoms with Crippen LogP contribution >= 0.6 is 0 Å². The summed E-state index contributed by atoms with van der Waals surface area (Å²) in [6.45, 7) is 2.10. The third kappa shape index (κ3) is 2.87. The van der Waals surface area contributed by atoms with Crippen LogP contribution in [0.3, 0.4) is 0 Å². The Balaban J connectivity index is 2.05. The number of aromatic nitrogens is 2. The maximum atomic E-state index is 13.0. The molecule has 1 N–H and O–H groups in total. The Morgan fingerprint density at radius 3 is 2.44 bits per heavy atom. The number of imidazole rings is 1. The number of carboxylic acids is 1. The average Bonchev–Trinajstić information content (AvgIpc) is 2.78. The Labute approximate surface area is 145 Å². The van der Waals surface area contributed by atoms with E-state index >= 15 is 0 Å². The number of nitrogens with zero attached hydrogens (tertiary/aromatic N) is 3. The highest BCUT2D eigenvalue weighted by atomic mass is 32.2. The molecule has 2 unspecified atom stereocenters. The van der Waals surface area contributed by atoms with Gasteiger partial charge >= 0.3 is 11.7 Å². The molecule has 0 saturated carbocycles. The third-order valence-corrected chi connectivity index (χ3v) is 6.68. The molecule has 8 nitrogen and oxygen atoms in total. The van der Waals surface area contributed by atoms with Crippen LogP contribution in [0.4, 0.5) is 0 Å². The maximum absolute atomic E-state index is 13.0. The summed E-state index contributed by atoms with van der Waals surface area (Å²) in [6, 6.07) is 4.54. The summed E-state index contributed by atoms with van der Waals surface area (Å²) in [4.78, 5) is 23.4. The molecule has 0 aliphatic carbocycles. The maximum Gasteiger partial charge on any atom is 0.328 e. The average molecular weight is 367 g/mol. The van der Waals surface area contributed by atoms with Crippen molar-refractivity contribution in [2.45, 2.75) is 18.2 Å². The predicted molar refractivity (Wildman–Crippen MR) is 91.8 cm³/mol. The molecule has 0 radical (unpaired) electrons. The third-order valence-electron chi connectivity index (χ3n) is 4.86. The number of fused-ring (bicyclic) bond motifs is 1. The van der Waals surface area contributed by atoms with Gasteiger partial charge in [-0.25, -0.2) is 13.2 Å². The van der Waals surface area contributed by atoms with Crippen molar-refractivity contribution in [3.63, 3.8) is 0 Å². The van der Waals surface area contributed by atoms with Gasteiger partial charge in [0, 0.05) is 27.2 Å². The molecular formula is C16H21N3O5S. The first-order valence-corrected chi connectivity index (χ1v) is 9.45. The standard InChI is InChI=1S/C16H21N3O5S/c1-10-6-11(15(20)21)9-19(8-10)25(23,24)12-4-5-13-14(7-12)18(3)16(22)17(13)2/h4-5,7,10-11H,6,8-9H2,1-3H3,(H,20,21). The lowest BCUT2D eigenvalue weighted by Gasteiger charge is -2.33. The van der Waals surface area contributed by atoms with Gasteiger partial charge in [-0.1, -0.05) is 6.92 Å². The molecule has 1 aromatic carbocycles. The van der Waals surface area contributed by atoms with Crippen LogP contribution < -0.4 is 5.69 Å². The van der Waals surface area contributed by atoms with Crippen LogP contribution in [-0.2, 0) is 28.9 Å². The fourth-order valence-corrected chi connectivity index (χ4v) is 5.10. The van der Waals surface area contributed by atoms with E-state index in [4.69, 9.17) is 0 Å². The minimum atomic E-state index is -3.83. The summed E-state index contributed by atoms with van der Waals surface area (Å²) < 4.78 is 30.1. The van der Waals surface area contributed by atoms with E-state index in [0.29, 0.717) is 17.5 Å². The molecule has 1 aromatic heterocycles. The number of carboxylic acid groups (broad SMARTS) is 1. The van der Waals surface area contributed by atoms with Gasteiger partial charge in [0.15, 0.2) is 0 Å². The number of rotatable bonds is 3. The summed E-state index contributed by atoms with van der Waals surface area (Å²) in [5, 5.41) is 9.26. The number of aryl methyl sites for hydroxylation is 2. The van der Waals surface area contributed by atoms with Crippen LogP contribution in [-0.4, -0.2) is 46.0 Å². The van der Waals surface area contributed by atoms with Crippen molar-refractivity contribution in [3.8, 4) is 0 Å². The van der Waals surface area contributed by atoms with Crippen molar-refractivity contribution in [1.82, 2.24) is 13.4 Å². The minimum absolute atomic E-state index is 0.0329. The number of hydrogen-bond acceptors (Lipinski definition) is 4. The molecule has 25 heavy (non-hydrogen) atoms. The molecule has 2 heterocycles. The van der Waals surface area contributed by atoms with Gasteiger partial charge in [-0.15, -0.1) is 0 Å². The van der Waals surface area contributed by atoms with Gasteiger partial charge in [-0.3, -0.25) is 13.9 Å². The van der Waals surface area contributed by atoms with E-state index < -0.39 is 21.9 Å². The normalized spacial score (nSPS) is 22.4. The summed E-state index contributed by atoms with van der Waals surface area (Å²) in [5.74, 6) is -1.72. The molecule has 136 valence electrons. The summed E-state index contributed by atoms with van der Waals surface area (Å²) in [5.41, 5.74) is 0.928. The fourth-order valence-electron chi connectivity index (χ4n) is 3.47. The van der Waals surface area contributed by atoms with Gasteiger partial charge in [0.25, 0.3) is 0 Å². The highest BCUT2D eigenvalue weighted by Crippen LogP contribution is 2.28. The summed E-state index contributed by atoms with van der Waals surface area (Å²) >= 11 is 0. The molecule has 1 aliphatic heterocycles. The monoisotopic (exact) mass is 367 g/mol. The Morgan fingerprint density at radius 1 is 1.16 bits per heavy atom. The van der Waals surface area contributed by atoms with E-state index in [2.05, 4.69) is 0 Å². The van der Waals surface area contributed by atoms with E-state index in [0.717, 1.165) is 0 Å². The molecule has 0 spiro atoms. The molecule has 2 aromatic rings. The smallest absolute Gasteiger partial charge is 0.328 e. The zero-order valence-electron chi connectivity index (χ0n) is 14.3. The molecule has 1 fully saturated rings. The SMILES string of the molecule is CC1CC(C(=O)O)CN(S(=O)(=O)c2ccc3c(c2)n(C)c(=O)n3C)C1. The number of sulfonamides is 1. The number of carbonyl (C=O) groups is 1. The Morgan fingerprint density at radius 2 is 1.80 bits per heavy atom. The van der Waals surface area contributed by atoms with Gasteiger partial charge in [-0.2, -0.15) is 4.31 Å². The van der Waals surface area contributed by atoms with Crippen molar-refractivity contribution >= 4 is 27.0 Å². The van der Waals surface area contributed by atoms with Crippen LogP contribution in [0.2, 0.25) is 0 Å². The first kappa shape index (κ1) is 17.7. The lowest BCUT2D eigenvalue weighted by atomic mass is 9.92. The highest BCUT2D eigenvalue weighted by molar-refractivity contribution is 7.89. The van der Waals surface area contributed by atoms with Gasteiger partial charge in [0.1, 0.15) is 0 Å². The highest BCUT2D eigenvalue weighted by Gasteiger charge is 2.36. The molecule has 9 heteroatoms. The van der Waals surface area contributed by atoms with E-state index in [-0.39, 0.29) is 29.6 Å². The summed E-state index contributed by atoms with van der Waals surface area (Å²) in [6.07, 6.45) is 0.466. The summed E-state index contributed by atoms with van der Waals surface area (Å²) in [7, 11) is -0.612. The van der Waals surface area contributed by atoms with Crippen LogP contribution in [0, 0.1) is 11.8 Å². The number of aliphatic carboxylic acids is 1. The first-order chi connectivity index (χ1) is 11.6. The minimum Gasteiger partial charge on any atom is -0.481 e. The zero-order chi connectivity index (χ0) is 18.5. The molecule has 0 amide bonds. The molecule has 3 rings (SSSR count). The lowest BCUT2D eigenvalue weighted by Crippen LogP contribution is -2.45. The first-order valence-electron chi connectivity index (χ1n) is 8.01. The predicted octanol–water partition coefficient (Wildman–Crippen LogP) is 0.608. The van der Waals surface area contributed by atoms with Gasteiger partial charge < -0.3 is 5.11 Å². The second-order valence-electron chi connectivity index (χ2n) is 6.75. The topological polar surface area (TPSA) is 102 Å². The van der Waals surface area contributed by atoms with Crippen molar-refractivity contribution < 1.29 is 18.3 Å². The van der Waals surface area contributed by atoms with E-state index in [1.54, 1.807) is 20.2 Å². The number of hydrogen-bond donors (Lipinski definition) is 1. The second-order valence-corrected chi connectivity index (χ2v) is 8.69. The Kier molecular flexibility index (Phi) is 4.24. The van der Waals surface area contributed by atoms with E-state index in [1.165, 1.54) is 25.6 Å². The Hall–Kier alpha value is -2.13. The quantitative estimate of drug-likeness (QED) is 0.856. The molecule has 0 bridgehead atoms.